The van der Waals surface area contributed by atoms with Crippen molar-refractivity contribution in [2.45, 2.75) is 18.9 Å². The van der Waals surface area contributed by atoms with Crippen LogP contribution >= 0.6 is 11.3 Å². The Morgan fingerprint density at radius 1 is 1.39 bits per heavy atom. The Balaban J connectivity index is 1.94. The smallest absolute Gasteiger partial charge is 0.323 e. The number of hydrogen-bond donors (Lipinski definition) is 2. The molecule has 0 radical (unpaired) electrons. The van der Waals surface area contributed by atoms with Gasteiger partial charge in [-0.25, -0.2) is 4.79 Å². The number of urea groups is 1. The molecule has 1 saturated heterocycles. The van der Waals surface area contributed by atoms with E-state index in [1.54, 1.807) is 24.5 Å². The predicted molar refractivity (Wildman–Crippen MR) is 90.5 cm³/mol. The van der Waals surface area contributed by atoms with Gasteiger partial charge >= 0.3 is 6.03 Å². The average molecular weight is 324 g/mol. The van der Waals surface area contributed by atoms with Crippen LogP contribution in [0.2, 0.25) is 0 Å². The first kappa shape index (κ1) is 15.3. The minimum absolute atomic E-state index is 0.259. The van der Waals surface area contributed by atoms with Gasteiger partial charge in [0.2, 0.25) is 0 Å². The molecule has 0 spiro atoms. The number of nitriles is 1. The Labute approximate surface area is 138 Å². The van der Waals surface area contributed by atoms with E-state index < -0.39 is 5.54 Å². The second kappa shape index (κ2) is 5.52. The molecule has 2 N–H and O–H groups in total. The van der Waals surface area contributed by atoms with Crippen LogP contribution in [0.4, 0.5) is 4.79 Å². The summed E-state index contributed by atoms with van der Waals surface area (Å²) < 4.78 is 0. The normalized spacial score (nSPS) is 21.0. The van der Waals surface area contributed by atoms with Crippen molar-refractivity contribution in [3.63, 3.8) is 0 Å². The fourth-order valence-electron chi connectivity index (χ4n) is 2.62. The van der Waals surface area contributed by atoms with Gasteiger partial charge in [0.25, 0.3) is 0 Å². The molecule has 1 fully saturated rings. The van der Waals surface area contributed by atoms with E-state index >= 15 is 0 Å². The van der Waals surface area contributed by atoms with Crippen molar-refractivity contribution < 1.29 is 4.79 Å². The minimum atomic E-state index is -0.573. The molecule has 0 saturated carbocycles. The van der Waals surface area contributed by atoms with Crippen molar-refractivity contribution >= 4 is 23.2 Å². The lowest BCUT2D eigenvalue weighted by molar-refractivity contribution is 0.203. The zero-order valence-corrected chi connectivity index (χ0v) is 13.7. The van der Waals surface area contributed by atoms with Crippen LogP contribution in [0, 0.1) is 16.7 Å². The number of hydrogen-bond acceptors (Lipinski definition) is 4. The topological polar surface area (TPSA) is 80.0 Å². The summed E-state index contributed by atoms with van der Waals surface area (Å²) in [6.07, 6.45) is 0.452. The van der Waals surface area contributed by atoms with Gasteiger partial charge in [0.15, 0.2) is 0 Å². The van der Waals surface area contributed by atoms with E-state index in [1.807, 2.05) is 37.3 Å². The van der Waals surface area contributed by atoms with Gasteiger partial charge in [0.05, 0.1) is 17.2 Å². The second-order valence-corrected chi connectivity index (χ2v) is 6.89. The SMILES string of the molecule is CN1C(=N)C[C@@](C)(c2ccc(-c3cccc(C#N)c3)s2)NC1=O. The Morgan fingerprint density at radius 2 is 2.17 bits per heavy atom. The molecular weight excluding hydrogens is 308 g/mol. The Bertz CT molecular complexity index is 815. The van der Waals surface area contributed by atoms with E-state index in [9.17, 15) is 4.79 Å². The molecule has 0 bridgehead atoms. The maximum absolute atomic E-state index is 12.0. The average Bonchev–Trinajstić information content (AvgIpc) is 3.03. The quantitative estimate of drug-likeness (QED) is 0.886. The van der Waals surface area contributed by atoms with Crippen molar-refractivity contribution in [2.24, 2.45) is 0 Å². The van der Waals surface area contributed by atoms with Gasteiger partial charge in [-0.2, -0.15) is 5.26 Å². The lowest BCUT2D eigenvalue weighted by atomic mass is 9.93. The Kier molecular flexibility index (Phi) is 3.66. The largest absolute Gasteiger partial charge is 0.327 e. The standard InChI is InChI=1S/C17H16N4OS/c1-17(9-15(19)21(2)16(22)20-17)14-7-6-13(23-14)12-5-3-4-11(8-12)10-18/h3-8,19H,9H2,1-2H3,(H,20,22)/t17-/m0/s1. The highest BCUT2D eigenvalue weighted by atomic mass is 32.1. The number of carbonyl (C=O) groups is 1. The Morgan fingerprint density at radius 3 is 2.87 bits per heavy atom. The summed E-state index contributed by atoms with van der Waals surface area (Å²) in [7, 11) is 1.60. The van der Waals surface area contributed by atoms with E-state index in [0.29, 0.717) is 17.8 Å². The molecule has 0 aliphatic carbocycles. The fourth-order valence-corrected chi connectivity index (χ4v) is 3.72. The lowest BCUT2D eigenvalue weighted by Crippen LogP contribution is -2.57. The fraction of sp³-hybridized carbons (Fsp3) is 0.235. The Hall–Kier alpha value is -2.65. The number of rotatable bonds is 2. The molecule has 1 aliphatic rings. The molecule has 1 atom stereocenters. The lowest BCUT2D eigenvalue weighted by Gasteiger charge is -2.38. The second-order valence-electron chi connectivity index (χ2n) is 5.80. The third-order valence-corrected chi connectivity index (χ3v) is 5.44. The highest BCUT2D eigenvalue weighted by Gasteiger charge is 2.38. The van der Waals surface area contributed by atoms with Gasteiger partial charge in [-0.1, -0.05) is 12.1 Å². The highest BCUT2D eigenvalue weighted by molar-refractivity contribution is 7.15. The monoisotopic (exact) mass is 324 g/mol. The molecular formula is C17H16N4OS. The summed E-state index contributed by atoms with van der Waals surface area (Å²) in [6.45, 7) is 1.94. The summed E-state index contributed by atoms with van der Waals surface area (Å²) in [5, 5.41) is 20.0. The maximum Gasteiger partial charge on any atom is 0.323 e. The molecule has 1 aromatic heterocycles. The zero-order valence-electron chi connectivity index (χ0n) is 12.9. The van der Waals surface area contributed by atoms with Crippen LogP contribution in [0.25, 0.3) is 10.4 Å². The van der Waals surface area contributed by atoms with Crippen LogP contribution in [0.1, 0.15) is 23.8 Å². The van der Waals surface area contributed by atoms with Crippen LogP contribution < -0.4 is 5.32 Å². The third-order valence-electron chi connectivity index (χ3n) is 4.04. The molecule has 116 valence electrons. The number of nitrogens with one attached hydrogen (secondary N) is 2. The van der Waals surface area contributed by atoms with E-state index in [2.05, 4.69) is 11.4 Å². The first-order valence-electron chi connectivity index (χ1n) is 7.17. The van der Waals surface area contributed by atoms with Crippen LogP contribution in [-0.4, -0.2) is 23.8 Å². The molecule has 6 heteroatoms. The molecule has 5 nitrogen and oxygen atoms in total. The summed E-state index contributed by atoms with van der Waals surface area (Å²) in [4.78, 5) is 15.4. The van der Waals surface area contributed by atoms with Gasteiger partial charge in [-0.15, -0.1) is 11.3 Å². The molecule has 1 aromatic carbocycles. The molecule has 0 unspecified atom stereocenters. The van der Waals surface area contributed by atoms with E-state index in [-0.39, 0.29) is 6.03 Å². The van der Waals surface area contributed by atoms with Crippen molar-refractivity contribution in [1.29, 1.82) is 10.7 Å². The summed E-state index contributed by atoms with van der Waals surface area (Å²) in [6, 6.07) is 13.3. The predicted octanol–water partition coefficient (Wildman–Crippen LogP) is 3.52. The molecule has 2 amide bonds. The minimum Gasteiger partial charge on any atom is -0.327 e. The summed E-state index contributed by atoms with van der Waals surface area (Å²) >= 11 is 1.58. The van der Waals surface area contributed by atoms with Crippen molar-refractivity contribution in [3.05, 3.63) is 46.8 Å². The zero-order chi connectivity index (χ0) is 16.6. The molecule has 1 aliphatic heterocycles. The first-order valence-corrected chi connectivity index (χ1v) is 7.99. The van der Waals surface area contributed by atoms with Crippen molar-refractivity contribution in [1.82, 2.24) is 10.2 Å². The van der Waals surface area contributed by atoms with Gasteiger partial charge in [-0.05, 0) is 36.8 Å². The van der Waals surface area contributed by atoms with Gasteiger partial charge in [-0.3, -0.25) is 10.3 Å². The number of amidine groups is 1. The van der Waals surface area contributed by atoms with Gasteiger partial charge in [0, 0.05) is 23.2 Å². The van der Waals surface area contributed by atoms with E-state index in [1.165, 1.54) is 4.90 Å². The van der Waals surface area contributed by atoms with Crippen LogP contribution in [0.5, 0.6) is 0 Å². The molecule has 3 rings (SSSR count). The molecule has 23 heavy (non-hydrogen) atoms. The number of benzene rings is 1. The molecule has 2 aromatic rings. The van der Waals surface area contributed by atoms with Gasteiger partial charge < -0.3 is 5.32 Å². The van der Waals surface area contributed by atoms with Crippen LogP contribution in [0.3, 0.4) is 0 Å². The van der Waals surface area contributed by atoms with E-state index in [0.717, 1.165) is 15.3 Å². The maximum atomic E-state index is 12.0. The summed E-state index contributed by atoms with van der Waals surface area (Å²) in [5.41, 5.74) is 1.03. The van der Waals surface area contributed by atoms with Crippen LogP contribution in [-0.2, 0) is 5.54 Å². The van der Waals surface area contributed by atoms with E-state index in [4.69, 9.17) is 10.7 Å². The van der Waals surface area contributed by atoms with Crippen molar-refractivity contribution in [2.75, 3.05) is 7.05 Å². The number of carbonyl (C=O) groups excluding carboxylic acids is 1. The summed E-state index contributed by atoms with van der Waals surface area (Å²) in [5.74, 6) is 0.303. The number of nitrogens with zero attached hydrogens (tertiary/aromatic N) is 2. The van der Waals surface area contributed by atoms with Crippen molar-refractivity contribution in [3.8, 4) is 16.5 Å². The molecule has 2 heterocycles. The third kappa shape index (κ3) is 2.71. The number of thiophene rings is 1. The van der Waals surface area contributed by atoms with Crippen LogP contribution in [0.15, 0.2) is 36.4 Å². The first-order chi connectivity index (χ1) is 10.9. The van der Waals surface area contributed by atoms with Gasteiger partial charge in [0.1, 0.15) is 5.84 Å². The number of amides is 2. The highest BCUT2D eigenvalue weighted by Crippen LogP contribution is 2.37.